The van der Waals surface area contributed by atoms with Gasteiger partial charge in [0.2, 0.25) is 21.8 Å². The lowest BCUT2D eigenvalue weighted by Gasteiger charge is -2.19. The summed E-state index contributed by atoms with van der Waals surface area (Å²) >= 11 is 0. The zero-order valence-corrected chi connectivity index (χ0v) is 18.0. The Hall–Kier alpha value is -2.71. The molecular weight excluding hydrogens is 390 g/mol. The number of carbonyl (C=O) groups is 2. The highest BCUT2D eigenvalue weighted by molar-refractivity contribution is 7.89. The minimum Gasteiger partial charge on any atom is -0.325 e. The first kappa shape index (κ1) is 21.0. The zero-order chi connectivity index (χ0) is 21.5. The summed E-state index contributed by atoms with van der Waals surface area (Å²) < 4.78 is 26.9. The first-order valence-corrected chi connectivity index (χ1v) is 10.7. The Balaban J connectivity index is 1.78. The lowest BCUT2D eigenvalue weighted by molar-refractivity contribution is -0.117. The summed E-state index contributed by atoms with van der Waals surface area (Å²) in [7, 11) is -2.52. The summed E-state index contributed by atoms with van der Waals surface area (Å²) in [5.74, 6) is -0.995. The van der Waals surface area contributed by atoms with Gasteiger partial charge in [0.05, 0.1) is 17.4 Å². The second-order valence-corrected chi connectivity index (χ2v) is 9.59. The molecule has 29 heavy (non-hydrogen) atoms. The number of hydrogen-bond donors (Lipinski definition) is 2. The Kier molecular flexibility index (Phi) is 5.51. The predicted molar refractivity (Wildman–Crippen MR) is 113 cm³/mol. The molecule has 7 nitrogen and oxygen atoms in total. The third-order valence-electron chi connectivity index (χ3n) is 5.16. The number of rotatable bonds is 5. The summed E-state index contributed by atoms with van der Waals surface area (Å²) in [6, 6.07) is 8.44. The summed E-state index contributed by atoms with van der Waals surface area (Å²) in [5, 5.41) is 5.53. The molecule has 3 rings (SSSR count). The number of aryl methyl sites for hydroxylation is 3. The molecule has 2 aromatic carbocycles. The van der Waals surface area contributed by atoms with Crippen LogP contribution in [0.1, 0.15) is 35.1 Å². The van der Waals surface area contributed by atoms with Crippen molar-refractivity contribution < 1.29 is 18.0 Å². The molecule has 0 spiro atoms. The molecular formula is C21H25N3O4S. The van der Waals surface area contributed by atoms with Crippen LogP contribution in [-0.2, 0) is 19.6 Å². The fourth-order valence-corrected chi connectivity index (χ4v) is 4.74. The van der Waals surface area contributed by atoms with Gasteiger partial charge in [0.15, 0.2) is 0 Å². The number of carbonyl (C=O) groups excluding carboxylic acids is 2. The van der Waals surface area contributed by atoms with Crippen molar-refractivity contribution in [2.24, 2.45) is 0 Å². The maximum absolute atomic E-state index is 12.9. The largest absolute Gasteiger partial charge is 0.325 e. The van der Waals surface area contributed by atoms with E-state index in [4.69, 9.17) is 0 Å². The fraction of sp³-hybridized carbons (Fsp3) is 0.333. The molecule has 2 aromatic rings. The third kappa shape index (κ3) is 4.04. The summed E-state index contributed by atoms with van der Waals surface area (Å²) in [4.78, 5) is 24.4. The molecule has 0 aromatic heterocycles. The van der Waals surface area contributed by atoms with Crippen LogP contribution in [0.15, 0.2) is 35.2 Å². The van der Waals surface area contributed by atoms with Crippen molar-refractivity contribution in [1.82, 2.24) is 4.31 Å². The molecule has 0 aliphatic carbocycles. The molecule has 1 heterocycles. The topological polar surface area (TPSA) is 95.6 Å². The van der Waals surface area contributed by atoms with Crippen LogP contribution in [0.4, 0.5) is 11.4 Å². The lowest BCUT2D eigenvalue weighted by atomic mass is 10.0. The molecule has 0 fully saturated rings. The van der Waals surface area contributed by atoms with Crippen LogP contribution in [-0.4, -0.2) is 38.1 Å². The van der Waals surface area contributed by atoms with Crippen molar-refractivity contribution in [2.75, 3.05) is 24.2 Å². The van der Waals surface area contributed by atoms with Gasteiger partial charge in [-0.1, -0.05) is 17.7 Å². The average molecular weight is 416 g/mol. The highest BCUT2D eigenvalue weighted by atomic mass is 32.2. The smallest absolute Gasteiger partial charge is 0.243 e. The second kappa shape index (κ2) is 7.61. The lowest BCUT2D eigenvalue weighted by Crippen LogP contribution is -2.35. The summed E-state index contributed by atoms with van der Waals surface area (Å²) in [6.45, 7) is 7.18. The van der Waals surface area contributed by atoms with Crippen LogP contribution in [0.25, 0.3) is 0 Å². The van der Waals surface area contributed by atoms with Gasteiger partial charge in [-0.2, -0.15) is 4.31 Å². The van der Waals surface area contributed by atoms with E-state index in [1.807, 2.05) is 32.9 Å². The molecule has 154 valence electrons. The monoisotopic (exact) mass is 415 g/mol. The minimum atomic E-state index is -3.88. The molecule has 1 atom stereocenters. The zero-order valence-electron chi connectivity index (χ0n) is 17.2. The number of sulfonamides is 1. The van der Waals surface area contributed by atoms with Gasteiger partial charge in [0.25, 0.3) is 0 Å². The standard InChI is InChI=1S/C21H25N3O4S/c1-12-8-13(2)20(14(3)9-12)23-19(25)11-24(5)29(27,28)16-6-7-18-17(10-16)15(4)21(26)22-18/h6-10,15H,11H2,1-5H3,(H,22,26)(H,23,25)/t15-/m0/s1. The van der Waals surface area contributed by atoms with Crippen LogP contribution in [0, 0.1) is 20.8 Å². The molecule has 1 aliphatic heterocycles. The molecule has 0 unspecified atom stereocenters. The van der Waals surface area contributed by atoms with Gasteiger partial charge in [-0.15, -0.1) is 0 Å². The van der Waals surface area contributed by atoms with Crippen molar-refractivity contribution in [2.45, 2.75) is 38.5 Å². The Bertz CT molecular complexity index is 1090. The summed E-state index contributed by atoms with van der Waals surface area (Å²) in [6.07, 6.45) is 0. The highest BCUT2D eigenvalue weighted by Gasteiger charge is 2.30. The quantitative estimate of drug-likeness (QED) is 0.785. The van der Waals surface area contributed by atoms with E-state index >= 15 is 0 Å². The van der Waals surface area contributed by atoms with Crippen molar-refractivity contribution in [1.29, 1.82) is 0 Å². The molecule has 0 saturated carbocycles. The first-order chi connectivity index (χ1) is 13.5. The number of amides is 2. The minimum absolute atomic E-state index is 0.0533. The van der Waals surface area contributed by atoms with E-state index in [1.54, 1.807) is 13.0 Å². The normalized spacial score (nSPS) is 15.9. The molecule has 0 saturated heterocycles. The Morgan fingerprint density at radius 3 is 2.38 bits per heavy atom. The number of nitrogens with one attached hydrogen (secondary N) is 2. The number of fused-ring (bicyclic) bond motifs is 1. The number of benzene rings is 2. The fourth-order valence-electron chi connectivity index (χ4n) is 3.58. The van der Waals surface area contributed by atoms with Crippen molar-refractivity contribution >= 4 is 33.2 Å². The predicted octanol–water partition coefficient (Wildman–Crippen LogP) is 2.93. The number of nitrogens with zero attached hydrogens (tertiary/aromatic N) is 1. The second-order valence-electron chi connectivity index (χ2n) is 7.54. The molecule has 0 bridgehead atoms. The van der Waals surface area contributed by atoms with Crippen molar-refractivity contribution in [3.05, 3.63) is 52.6 Å². The number of anilines is 2. The highest BCUT2D eigenvalue weighted by Crippen LogP contribution is 2.34. The van der Waals surface area contributed by atoms with Gasteiger partial charge in [-0.3, -0.25) is 9.59 Å². The summed E-state index contributed by atoms with van der Waals surface area (Å²) in [5.41, 5.74) is 4.89. The Morgan fingerprint density at radius 2 is 1.76 bits per heavy atom. The van der Waals surface area contributed by atoms with E-state index in [9.17, 15) is 18.0 Å². The Morgan fingerprint density at radius 1 is 1.14 bits per heavy atom. The number of likely N-dealkylation sites (N-methyl/N-ethyl adjacent to an activating group) is 1. The van der Waals surface area contributed by atoms with E-state index in [0.717, 1.165) is 21.0 Å². The maximum Gasteiger partial charge on any atom is 0.243 e. The average Bonchev–Trinajstić information content (AvgIpc) is 2.91. The molecule has 2 amide bonds. The Labute approximate surface area is 171 Å². The van der Waals surface area contributed by atoms with Gasteiger partial charge in [0.1, 0.15) is 0 Å². The van der Waals surface area contributed by atoms with Crippen molar-refractivity contribution in [3.63, 3.8) is 0 Å². The van der Waals surface area contributed by atoms with Crippen molar-refractivity contribution in [3.8, 4) is 0 Å². The van der Waals surface area contributed by atoms with E-state index in [0.29, 0.717) is 16.9 Å². The molecule has 2 N–H and O–H groups in total. The molecule has 1 aliphatic rings. The van der Waals surface area contributed by atoms with Gasteiger partial charge >= 0.3 is 0 Å². The third-order valence-corrected chi connectivity index (χ3v) is 6.96. The van der Waals surface area contributed by atoms with Crippen LogP contribution >= 0.6 is 0 Å². The van der Waals surface area contributed by atoms with E-state index in [1.165, 1.54) is 19.2 Å². The molecule has 8 heteroatoms. The van der Waals surface area contributed by atoms with Gasteiger partial charge in [0, 0.05) is 18.4 Å². The van der Waals surface area contributed by atoms with E-state index in [-0.39, 0.29) is 17.3 Å². The van der Waals surface area contributed by atoms with Crippen LogP contribution in [0.5, 0.6) is 0 Å². The van der Waals surface area contributed by atoms with Crippen LogP contribution in [0.3, 0.4) is 0 Å². The van der Waals surface area contributed by atoms with E-state index < -0.39 is 21.8 Å². The number of hydrogen-bond acceptors (Lipinski definition) is 4. The SMILES string of the molecule is Cc1cc(C)c(NC(=O)CN(C)S(=O)(=O)c2ccc3c(c2)[C@H](C)C(=O)N3)c(C)c1. The van der Waals surface area contributed by atoms with Gasteiger partial charge < -0.3 is 10.6 Å². The van der Waals surface area contributed by atoms with Crippen LogP contribution in [0.2, 0.25) is 0 Å². The molecule has 0 radical (unpaired) electrons. The van der Waals surface area contributed by atoms with Gasteiger partial charge in [-0.25, -0.2) is 8.42 Å². The van der Waals surface area contributed by atoms with Gasteiger partial charge in [-0.05, 0) is 62.6 Å². The van der Waals surface area contributed by atoms with Crippen LogP contribution < -0.4 is 10.6 Å². The first-order valence-electron chi connectivity index (χ1n) is 9.29. The maximum atomic E-state index is 12.9. The van der Waals surface area contributed by atoms with E-state index in [2.05, 4.69) is 10.6 Å².